The van der Waals surface area contributed by atoms with Crippen molar-refractivity contribution in [1.29, 1.82) is 0 Å². The Balaban J connectivity index is 2.20. The van der Waals surface area contributed by atoms with Gasteiger partial charge in [-0.05, 0) is 52.0 Å². The Morgan fingerprint density at radius 3 is 2.19 bits per heavy atom. The number of amides is 1. The molecule has 0 N–H and O–H groups in total. The van der Waals surface area contributed by atoms with Crippen molar-refractivity contribution in [3.63, 3.8) is 0 Å². The summed E-state index contributed by atoms with van der Waals surface area (Å²) < 4.78 is 1.02. The molecule has 0 unspecified atom stereocenters. The highest BCUT2D eigenvalue weighted by atomic mass is 79.9. The van der Waals surface area contributed by atoms with Gasteiger partial charge in [0.05, 0.1) is 16.8 Å². The highest BCUT2D eigenvalue weighted by molar-refractivity contribution is 9.10. The van der Waals surface area contributed by atoms with E-state index >= 15 is 0 Å². The van der Waals surface area contributed by atoms with Crippen molar-refractivity contribution < 1.29 is 4.79 Å². The van der Waals surface area contributed by atoms with E-state index in [1.165, 1.54) is 0 Å². The van der Waals surface area contributed by atoms with Gasteiger partial charge in [0, 0.05) is 27.5 Å². The number of fused-ring (bicyclic) bond motifs is 1. The summed E-state index contributed by atoms with van der Waals surface area (Å²) in [6.45, 7) is 8.21. The zero-order chi connectivity index (χ0) is 18.8. The quantitative estimate of drug-likeness (QED) is 0.534. The van der Waals surface area contributed by atoms with Crippen molar-refractivity contribution in [3.8, 4) is 11.3 Å². The summed E-state index contributed by atoms with van der Waals surface area (Å²) in [5.41, 5.74) is 3.35. The predicted molar refractivity (Wildman–Crippen MR) is 111 cm³/mol. The van der Waals surface area contributed by atoms with Crippen LogP contribution in [0.2, 0.25) is 0 Å². The van der Waals surface area contributed by atoms with Crippen LogP contribution >= 0.6 is 15.9 Å². The van der Waals surface area contributed by atoms with Crippen LogP contribution in [-0.4, -0.2) is 27.9 Å². The number of nitrogens with zero attached hydrogens (tertiary/aromatic N) is 2. The van der Waals surface area contributed by atoms with Gasteiger partial charge in [-0.1, -0.05) is 46.3 Å². The third-order valence-corrected chi connectivity index (χ3v) is 4.96. The van der Waals surface area contributed by atoms with E-state index in [2.05, 4.69) is 43.6 Å². The average Bonchev–Trinajstić information content (AvgIpc) is 2.60. The Hall–Kier alpha value is -2.20. The minimum atomic E-state index is 0.0481. The van der Waals surface area contributed by atoms with E-state index in [1.807, 2.05) is 59.5 Å². The number of aromatic nitrogens is 1. The summed E-state index contributed by atoms with van der Waals surface area (Å²) in [6, 6.07) is 18.0. The molecule has 0 aliphatic rings. The van der Waals surface area contributed by atoms with Gasteiger partial charge in [0.1, 0.15) is 0 Å². The van der Waals surface area contributed by atoms with Gasteiger partial charge in [0.2, 0.25) is 0 Å². The molecule has 0 saturated heterocycles. The summed E-state index contributed by atoms with van der Waals surface area (Å²) in [4.78, 5) is 20.1. The topological polar surface area (TPSA) is 33.2 Å². The molecule has 0 fully saturated rings. The number of pyridine rings is 1. The summed E-state index contributed by atoms with van der Waals surface area (Å²) in [5.74, 6) is 0.0481. The highest BCUT2D eigenvalue weighted by Gasteiger charge is 2.24. The molecule has 26 heavy (non-hydrogen) atoms. The largest absolute Gasteiger partial charge is 0.334 e. The van der Waals surface area contributed by atoms with Crippen molar-refractivity contribution >= 4 is 32.7 Å². The third-order valence-electron chi connectivity index (χ3n) is 4.43. The number of rotatable bonds is 4. The van der Waals surface area contributed by atoms with E-state index in [-0.39, 0.29) is 18.0 Å². The van der Waals surface area contributed by atoms with E-state index in [0.29, 0.717) is 5.56 Å². The van der Waals surface area contributed by atoms with E-state index < -0.39 is 0 Å². The molecule has 0 bridgehead atoms. The van der Waals surface area contributed by atoms with Crippen LogP contribution in [-0.2, 0) is 0 Å². The Labute approximate surface area is 163 Å². The van der Waals surface area contributed by atoms with Gasteiger partial charge in [-0.3, -0.25) is 4.79 Å². The van der Waals surface area contributed by atoms with E-state index in [4.69, 9.17) is 4.98 Å². The van der Waals surface area contributed by atoms with Crippen LogP contribution < -0.4 is 0 Å². The SMILES string of the molecule is CC(C)N(C(=O)c1cc(-c2ccc(Br)cc2)nc2ccccc12)C(C)C. The van der Waals surface area contributed by atoms with E-state index in [1.54, 1.807) is 0 Å². The van der Waals surface area contributed by atoms with E-state index in [0.717, 1.165) is 26.6 Å². The number of benzene rings is 2. The second-order valence-electron chi connectivity index (χ2n) is 6.98. The van der Waals surface area contributed by atoms with Crippen LogP contribution in [0.5, 0.6) is 0 Å². The highest BCUT2D eigenvalue weighted by Crippen LogP contribution is 2.27. The maximum absolute atomic E-state index is 13.4. The number of para-hydroxylation sites is 1. The molecule has 3 aromatic rings. The van der Waals surface area contributed by atoms with Crippen LogP contribution in [0.3, 0.4) is 0 Å². The molecule has 0 aliphatic carbocycles. The first-order valence-corrected chi connectivity index (χ1v) is 9.66. The Morgan fingerprint density at radius 2 is 1.58 bits per heavy atom. The second kappa shape index (κ2) is 7.58. The maximum atomic E-state index is 13.4. The Morgan fingerprint density at radius 1 is 0.962 bits per heavy atom. The summed E-state index contributed by atoms with van der Waals surface area (Å²) in [5, 5.41) is 0.893. The molecule has 0 saturated carbocycles. The van der Waals surface area contributed by atoms with Crippen molar-refractivity contribution in [1.82, 2.24) is 9.88 Å². The molecule has 1 amide bonds. The fraction of sp³-hybridized carbons (Fsp3) is 0.273. The average molecular weight is 411 g/mol. The lowest BCUT2D eigenvalue weighted by molar-refractivity contribution is 0.0646. The summed E-state index contributed by atoms with van der Waals surface area (Å²) in [7, 11) is 0. The molecule has 3 nitrogen and oxygen atoms in total. The lowest BCUT2D eigenvalue weighted by atomic mass is 10.0. The normalized spacial score (nSPS) is 11.3. The minimum absolute atomic E-state index is 0.0481. The zero-order valence-electron chi connectivity index (χ0n) is 15.5. The van der Waals surface area contributed by atoms with E-state index in [9.17, 15) is 4.79 Å². The van der Waals surface area contributed by atoms with Crippen LogP contribution in [0, 0.1) is 0 Å². The van der Waals surface area contributed by atoms with Gasteiger partial charge < -0.3 is 4.90 Å². The number of carbonyl (C=O) groups excluding carboxylic acids is 1. The van der Waals surface area contributed by atoms with Gasteiger partial charge in [-0.25, -0.2) is 4.98 Å². The smallest absolute Gasteiger partial charge is 0.255 e. The summed E-state index contributed by atoms with van der Waals surface area (Å²) >= 11 is 3.47. The first-order chi connectivity index (χ1) is 12.4. The fourth-order valence-corrected chi connectivity index (χ4v) is 3.59. The molecule has 1 heterocycles. The van der Waals surface area contributed by atoms with Crippen molar-refractivity contribution in [3.05, 3.63) is 64.6 Å². The van der Waals surface area contributed by atoms with Crippen LogP contribution in [0.4, 0.5) is 0 Å². The van der Waals surface area contributed by atoms with Crippen LogP contribution in [0.1, 0.15) is 38.1 Å². The molecular weight excluding hydrogens is 388 g/mol. The molecule has 0 spiro atoms. The maximum Gasteiger partial charge on any atom is 0.255 e. The monoisotopic (exact) mass is 410 g/mol. The molecular formula is C22H23BrN2O. The molecule has 1 aromatic heterocycles. The second-order valence-corrected chi connectivity index (χ2v) is 7.89. The molecule has 0 atom stereocenters. The number of carbonyl (C=O) groups is 1. The molecule has 134 valence electrons. The van der Waals surface area contributed by atoms with Gasteiger partial charge in [0.15, 0.2) is 0 Å². The molecule has 0 aliphatic heterocycles. The minimum Gasteiger partial charge on any atom is -0.334 e. The number of halogens is 1. The van der Waals surface area contributed by atoms with Gasteiger partial charge >= 0.3 is 0 Å². The predicted octanol–water partition coefficient (Wildman–Crippen LogP) is 5.92. The van der Waals surface area contributed by atoms with Gasteiger partial charge in [-0.15, -0.1) is 0 Å². The zero-order valence-corrected chi connectivity index (χ0v) is 17.1. The van der Waals surface area contributed by atoms with Crippen LogP contribution in [0.15, 0.2) is 59.1 Å². The van der Waals surface area contributed by atoms with Crippen molar-refractivity contribution in [2.75, 3.05) is 0 Å². The Bertz CT molecular complexity index is 925. The lowest BCUT2D eigenvalue weighted by Gasteiger charge is -2.31. The lowest BCUT2D eigenvalue weighted by Crippen LogP contribution is -2.42. The standard InChI is InChI=1S/C22H23BrN2O/c1-14(2)25(15(3)4)22(26)19-13-21(16-9-11-17(23)12-10-16)24-20-8-6-5-7-18(19)20/h5-15H,1-4H3. The number of hydrogen-bond acceptors (Lipinski definition) is 2. The van der Waals surface area contributed by atoms with Crippen molar-refractivity contribution in [2.24, 2.45) is 0 Å². The Kier molecular flexibility index (Phi) is 5.42. The first-order valence-electron chi connectivity index (χ1n) is 8.87. The fourth-order valence-electron chi connectivity index (χ4n) is 3.33. The third kappa shape index (κ3) is 3.65. The number of hydrogen-bond donors (Lipinski definition) is 0. The summed E-state index contributed by atoms with van der Waals surface area (Å²) in [6.07, 6.45) is 0. The molecule has 0 radical (unpaired) electrons. The first kappa shape index (κ1) is 18.6. The molecule has 4 heteroatoms. The molecule has 2 aromatic carbocycles. The van der Waals surface area contributed by atoms with Crippen LogP contribution in [0.25, 0.3) is 22.2 Å². The van der Waals surface area contributed by atoms with Gasteiger partial charge in [-0.2, -0.15) is 0 Å². The molecule has 3 rings (SSSR count). The van der Waals surface area contributed by atoms with Gasteiger partial charge in [0.25, 0.3) is 5.91 Å². The van der Waals surface area contributed by atoms with Crippen molar-refractivity contribution in [2.45, 2.75) is 39.8 Å².